The van der Waals surface area contributed by atoms with Crippen LogP contribution in [0.25, 0.3) is 11.3 Å². The first-order chi connectivity index (χ1) is 18.1. The number of amides is 2. The van der Waals surface area contributed by atoms with E-state index in [1.807, 2.05) is 20.8 Å². The minimum absolute atomic E-state index is 0.0246. The number of carbonyl (C=O) groups is 2. The summed E-state index contributed by atoms with van der Waals surface area (Å²) in [6, 6.07) is 1.82. The molecule has 204 valence electrons. The second-order valence-electron chi connectivity index (χ2n) is 9.98. The van der Waals surface area contributed by atoms with Crippen molar-refractivity contribution < 1.29 is 22.9 Å². The fraction of sp³-hybridized carbons (Fsp3) is 0.500. The van der Waals surface area contributed by atoms with Crippen LogP contribution in [-0.2, 0) is 9.59 Å². The van der Waals surface area contributed by atoms with Crippen LogP contribution < -0.4 is 10.6 Å². The number of hydrogen-bond donors (Lipinski definition) is 3. The largest absolute Gasteiger partial charge is 0.345 e. The van der Waals surface area contributed by atoms with Crippen molar-refractivity contribution in [3.05, 3.63) is 47.7 Å². The van der Waals surface area contributed by atoms with E-state index in [0.717, 1.165) is 31.4 Å². The summed E-state index contributed by atoms with van der Waals surface area (Å²) in [4.78, 5) is 39.8. The van der Waals surface area contributed by atoms with E-state index < -0.39 is 29.6 Å². The van der Waals surface area contributed by atoms with E-state index in [1.165, 1.54) is 12.3 Å². The summed E-state index contributed by atoms with van der Waals surface area (Å²) >= 11 is 0. The van der Waals surface area contributed by atoms with E-state index in [0.29, 0.717) is 23.9 Å². The molecule has 1 saturated heterocycles. The Bertz CT molecular complexity index is 1280. The van der Waals surface area contributed by atoms with E-state index in [4.69, 9.17) is 4.52 Å². The fourth-order valence-electron chi connectivity index (χ4n) is 4.43. The average Bonchev–Trinajstić information content (AvgIpc) is 3.54. The molecule has 2 amide bonds. The highest BCUT2D eigenvalue weighted by Crippen LogP contribution is 2.24. The van der Waals surface area contributed by atoms with Crippen molar-refractivity contribution in [2.45, 2.75) is 77.4 Å². The lowest BCUT2D eigenvalue weighted by Gasteiger charge is -2.34. The third-order valence-electron chi connectivity index (χ3n) is 6.66. The quantitative estimate of drug-likeness (QED) is 0.377. The van der Waals surface area contributed by atoms with Crippen molar-refractivity contribution in [2.24, 2.45) is 0 Å². The average molecular weight is 530 g/mol. The highest BCUT2D eigenvalue weighted by atomic mass is 19.1. The van der Waals surface area contributed by atoms with Gasteiger partial charge in [0.15, 0.2) is 5.82 Å². The Hall–Kier alpha value is -3.83. The fourth-order valence-corrected chi connectivity index (χ4v) is 4.43. The number of piperidine rings is 1. The van der Waals surface area contributed by atoms with Crippen LogP contribution in [0.3, 0.4) is 0 Å². The van der Waals surface area contributed by atoms with Gasteiger partial charge in [-0.2, -0.15) is 4.98 Å². The van der Waals surface area contributed by atoms with Gasteiger partial charge >= 0.3 is 6.01 Å². The standard InChI is InChI=1S/C26H33F2N7O3/c1-14(2)23-33-26(38-34-23)32-20(12-22(36)35-10-6-5-7-15(35)3)25(37)30-16(4)24-29-13-21(31-24)18-9-8-17(27)11-19(18)28/h8-9,11,13-16,20H,5-7,10,12H2,1-4H3,(H,29,31)(H,30,37)(H,32,33,34)/t15?,16-,20?/m0/s1. The highest BCUT2D eigenvalue weighted by molar-refractivity contribution is 5.90. The molecule has 3 N–H and O–H groups in total. The van der Waals surface area contributed by atoms with Crippen molar-refractivity contribution >= 4 is 17.8 Å². The summed E-state index contributed by atoms with van der Waals surface area (Å²) < 4.78 is 32.7. The van der Waals surface area contributed by atoms with Gasteiger partial charge in [0.05, 0.1) is 24.4 Å². The Morgan fingerprint density at radius 1 is 1.24 bits per heavy atom. The van der Waals surface area contributed by atoms with E-state index >= 15 is 0 Å². The van der Waals surface area contributed by atoms with Gasteiger partial charge in [-0.1, -0.05) is 19.0 Å². The number of imidazole rings is 1. The lowest BCUT2D eigenvalue weighted by molar-refractivity contribution is -0.137. The lowest BCUT2D eigenvalue weighted by Crippen LogP contribution is -2.47. The summed E-state index contributed by atoms with van der Waals surface area (Å²) in [6.07, 6.45) is 4.22. The van der Waals surface area contributed by atoms with Crippen LogP contribution in [0.5, 0.6) is 0 Å². The van der Waals surface area contributed by atoms with Gasteiger partial charge in [0, 0.05) is 30.1 Å². The van der Waals surface area contributed by atoms with Crippen molar-refractivity contribution in [1.29, 1.82) is 0 Å². The molecule has 0 saturated carbocycles. The van der Waals surface area contributed by atoms with Gasteiger partial charge in [-0.3, -0.25) is 9.59 Å². The molecule has 0 spiro atoms. The van der Waals surface area contributed by atoms with Gasteiger partial charge in [0.2, 0.25) is 11.8 Å². The molecule has 1 aliphatic heterocycles. The predicted molar refractivity (Wildman–Crippen MR) is 136 cm³/mol. The molecule has 1 aromatic carbocycles. The molecule has 0 radical (unpaired) electrons. The monoisotopic (exact) mass is 529 g/mol. The molecule has 4 rings (SSSR count). The molecule has 3 aromatic rings. The van der Waals surface area contributed by atoms with E-state index in [-0.39, 0.29) is 35.9 Å². The van der Waals surface area contributed by atoms with E-state index in [1.54, 1.807) is 11.8 Å². The summed E-state index contributed by atoms with van der Waals surface area (Å²) in [5.74, 6) is -1.15. The van der Waals surface area contributed by atoms with E-state index in [2.05, 4.69) is 30.7 Å². The van der Waals surface area contributed by atoms with Crippen molar-refractivity contribution in [3.8, 4) is 11.3 Å². The molecule has 1 aliphatic rings. The zero-order valence-electron chi connectivity index (χ0n) is 21.9. The Kier molecular flexibility index (Phi) is 8.38. The maximum atomic E-state index is 14.2. The van der Waals surface area contributed by atoms with E-state index in [9.17, 15) is 18.4 Å². The first-order valence-corrected chi connectivity index (χ1v) is 12.8. The van der Waals surface area contributed by atoms with Gasteiger partial charge in [0.1, 0.15) is 23.5 Å². The molecule has 3 atom stereocenters. The van der Waals surface area contributed by atoms with Crippen LogP contribution in [0.1, 0.15) is 77.0 Å². The molecule has 3 heterocycles. The summed E-state index contributed by atoms with van der Waals surface area (Å²) in [6.45, 7) is 8.19. The van der Waals surface area contributed by atoms with Crippen LogP contribution in [0.15, 0.2) is 28.9 Å². The number of nitrogens with zero attached hydrogens (tertiary/aromatic N) is 4. The minimum Gasteiger partial charge on any atom is -0.345 e. The zero-order chi connectivity index (χ0) is 27.4. The second kappa shape index (κ2) is 11.7. The van der Waals surface area contributed by atoms with Crippen molar-refractivity contribution in [3.63, 3.8) is 0 Å². The third kappa shape index (κ3) is 6.35. The molecule has 10 nitrogen and oxygen atoms in total. The lowest BCUT2D eigenvalue weighted by atomic mass is 10.0. The van der Waals surface area contributed by atoms with Gasteiger partial charge in [-0.05, 0) is 45.2 Å². The Balaban J connectivity index is 1.49. The van der Waals surface area contributed by atoms with Crippen molar-refractivity contribution in [1.82, 2.24) is 30.3 Å². The van der Waals surface area contributed by atoms with Crippen LogP contribution in [-0.4, -0.2) is 55.5 Å². The smallest absolute Gasteiger partial charge is 0.322 e. The number of hydrogen-bond acceptors (Lipinski definition) is 7. The van der Waals surface area contributed by atoms with Crippen molar-refractivity contribution in [2.75, 3.05) is 11.9 Å². The topological polar surface area (TPSA) is 129 Å². The summed E-state index contributed by atoms with van der Waals surface area (Å²) in [5.41, 5.74) is 0.497. The molecule has 0 aliphatic carbocycles. The Labute approximate surface area is 219 Å². The number of aromatic amines is 1. The number of halogens is 2. The molecule has 0 bridgehead atoms. The number of nitrogens with one attached hydrogen (secondary N) is 3. The van der Waals surface area contributed by atoms with Gasteiger partial charge in [-0.25, -0.2) is 13.8 Å². The SMILES string of the molecule is CC(C)c1noc(NC(CC(=O)N2CCCCC2C)C(=O)N[C@@H](C)c2ncc(-c3ccc(F)cc3F)[nH]2)n1. The van der Waals surface area contributed by atoms with Crippen LogP contribution in [0.4, 0.5) is 14.8 Å². The maximum absolute atomic E-state index is 14.2. The molecule has 12 heteroatoms. The third-order valence-corrected chi connectivity index (χ3v) is 6.66. The molecule has 2 unspecified atom stereocenters. The number of aromatic nitrogens is 4. The zero-order valence-corrected chi connectivity index (χ0v) is 21.9. The molecule has 1 fully saturated rings. The Morgan fingerprint density at radius 2 is 2.03 bits per heavy atom. The van der Waals surface area contributed by atoms with Gasteiger partial charge in [0.25, 0.3) is 0 Å². The number of rotatable bonds is 9. The Morgan fingerprint density at radius 3 is 2.71 bits per heavy atom. The highest BCUT2D eigenvalue weighted by Gasteiger charge is 2.31. The maximum Gasteiger partial charge on any atom is 0.322 e. The minimum atomic E-state index is -0.983. The van der Waals surface area contributed by atoms with Gasteiger partial charge in [-0.15, -0.1) is 0 Å². The number of benzene rings is 1. The molecular weight excluding hydrogens is 496 g/mol. The first-order valence-electron chi connectivity index (χ1n) is 12.8. The second-order valence-corrected chi connectivity index (χ2v) is 9.98. The first kappa shape index (κ1) is 27.2. The van der Waals surface area contributed by atoms with Crippen LogP contribution >= 0.6 is 0 Å². The summed E-state index contributed by atoms with van der Waals surface area (Å²) in [7, 11) is 0. The molecule has 2 aromatic heterocycles. The van der Waals surface area contributed by atoms with Crippen LogP contribution in [0.2, 0.25) is 0 Å². The summed E-state index contributed by atoms with van der Waals surface area (Å²) in [5, 5.41) is 9.69. The number of likely N-dealkylation sites (tertiary alicyclic amines) is 1. The normalized spacial score (nSPS) is 17.3. The number of carbonyl (C=O) groups excluding carboxylic acids is 2. The molecular formula is C26H33F2N7O3. The number of anilines is 1. The predicted octanol–water partition coefficient (Wildman–Crippen LogP) is 4.31. The van der Waals surface area contributed by atoms with Gasteiger partial charge < -0.3 is 25.0 Å². The molecule has 38 heavy (non-hydrogen) atoms. The number of H-pyrrole nitrogens is 1. The van der Waals surface area contributed by atoms with Crippen LogP contribution in [0, 0.1) is 11.6 Å².